The van der Waals surface area contributed by atoms with Gasteiger partial charge in [-0.15, -0.1) is 0 Å². The minimum Gasteiger partial charge on any atom is -0.462 e. The van der Waals surface area contributed by atoms with Gasteiger partial charge in [0.15, 0.2) is 12.1 Å². The Labute approximate surface area is 346 Å². The summed E-state index contributed by atoms with van der Waals surface area (Å²) in [6, 6.07) is 18.0. The second-order valence-electron chi connectivity index (χ2n) is 17.5. The van der Waals surface area contributed by atoms with Crippen molar-refractivity contribution in [2.75, 3.05) is 34.2 Å². The van der Waals surface area contributed by atoms with E-state index in [1.165, 1.54) is 16.7 Å². The molecule has 0 spiro atoms. The molecule has 12 atom stereocenters. The van der Waals surface area contributed by atoms with Crippen molar-refractivity contribution in [3.05, 3.63) is 95.1 Å². The highest BCUT2D eigenvalue weighted by Crippen LogP contribution is 2.35. The molecular weight excluding hydrogens is 735 g/mol. The predicted molar refractivity (Wildman–Crippen MR) is 225 cm³/mol. The Bertz CT molecular complexity index is 1660. The quantitative estimate of drug-likeness (QED) is 0.254. The Hall–Kier alpha value is -3.26. The van der Waals surface area contributed by atoms with Crippen molar-refractivity contribution in [3.8, 4) is 0 Å². The maximum Gasteiger partial charge on any atom is 0.308 e. The summed E-state index contributed by atoms with van der Waals surface area (Å²) in [6.07, 6.45) is 0.720. The topological polar surface area (TPSA) is 132 Å². The zero-order valence-electron chi connectivity index (χ0n) is 35.9. The van der Waals surface area contributed by atoms with Crippen LogP contribution in [0.2, 0.25) is 0 Å². The van der Waals surface area contributed by atoms with E-state index in [4.69, 9.17) is 14.2 Å². The molecule has 3 heterocycles. The number of aliphatic hydroxyl groups is 3. The monoisotopic (exact) mass is 804 g/mol. The summed E-state index contributed by atoms with van der Waals surface area (Å²) in [5.41, 5.74) is 4.67. The Morgan fingerprint density at radius 2 is 1.55 bits per heavy atom. The molecule has 0 aromatic heterocycles. The molecule has 1 saturated heterocycles. The Balaban J connectivity index is 1.46. The van der Waals surface area contributed by atoms with E-state index in [0.29, 0.717) is 32.4 Å². The molecule has 58 heavy (non-hydrogen) atoms. The van der Waals surface area contributed by atoms with Crippen molar-refractivity contribution < 1.29 is 39.1 Å². The van der Waals surface area contributed by atoms with E-state index in [-0.39, 0.29) is 30.0 Å². The van der Waals surface area contributed by atoms with Crippen LogP contribution in [0.1, 0.15) is 77.0 Å². The van der Waals surface area contributed by atoms with Gasteiger partial charge in [0, 0.05) is 43.9 Å². The van der Waals surface area contributed by atoms with Crippen LogP contribution in [0.4, 0.5) is 0 Å². The van der Waals surface area contributed by atoms with Gasteiger partial charge < -0.3 is 39.3 Å². The lowest BCUT2D eigenvalue weighted by molar-refractivity contribution is -0.304. The number of cyclic esters (lactones) is 1. The van der Waals surface area contributed by atoms with Crippen molar-refractivity contribution in [1.29, 1.82) is 0 Å². The van der Waals surface area contributed by atoms with Gasteiger partial charge in [0.2, 0.25) is 0 Å². The molecule has 5 rings (SSSR count). The van der Waals surface area contributed by atoms with Gasteiger partial charge in [-0.1, -0.05) is 93.1 Å². The summed E-state index contributed by atoms with van der Waals surface area (Å²) < 4.78 is 19.2. The zero-order chi connectivity index (χ0) is 42.1. The highest BCUT2D eigenvalue weighted by molar-refractivity contribution is 5.91. The zero-order valence-corrected chi connectivity index (χ0v) is 35.9. The maximum absolute atomic E-state index is 13.9. The van der Waals surface area contributed by atoms with Crippen LogP contribution in [0.3, 0.4) is 0 Å². The largest absolute Gasteiger partial charge is 0.462 e. The number of nitrogens with zero attached hydrogens (tertiary/aromatic N) is 3. The third-order valence-corrected chi connectivity index (χ3v) is 12.5. The van der Waals surface area contributed by atoms with Gasteiger partial charge in [-0.3, -0.25) is 14.5 Å². The van der Waals surface area contributed by atoms with E-state index in [1.807, 2.05) is 59.0 Å². The number of hydrogen-bond donors (Lipinski definition) is 3. The van der Waals surface area contributed by atoms with Gasteiger partial charge in [-0.2, -0.15) is 0 Å². The lowest BCUT2D eigenvalue weighted by atomic mass is 9.79. The number of fused-ring (bicyclic) bond motifs is 1. The molecule has 0 aliphatic carbocycles. The fraction of sp³-hybridized carbons (Fsp3) is 0.617. The Morgan fingerprint density at radius 3 is 2.19 bits per heavy atom. The number of benzene rings is 2. The number of carbonyl (C=O) groups is 2. The first-order valence-corrected chi connectivity index (χ1v) is 21.3. The van der Waals surface area contributed by atoms with Crippen LogP contribution in [0.25, 0.3) is 0 Å². The third kappa shape index (κ3) is 12.2. The van der Waals surface area contributed by atoms with E-state index < -0.39 is 60.8 Å². The van der Waals surface area contributed by atoms with Gasteiger partial charge in [-0.25, -0.2) is 0 Å². The van der Waals surface area contributed by atoms with Crippen LogP contribution in [0.15, 0.2) is 78.4 Å². The van der Waals surface area contributed by atoms with Gasteiger partial charge in [0.1, 0.15) is 12.2 Å². The predicted octanol–water partition coefficient (Wildman–Crippen LogP) is 5.36. The van der Waals surface area contributed by atoms with E-state index in [1.54, 1.807) is 32.0 Å². The second-order valence-corrected chi connectivity index (χ2v) is 17.5. The van der Waals surface area contributed by atoms with Gasteiger partial charge in [-0.05, 0) is 89.5 Å². The Morgan fingerprint density at radius 1 is 0.897 bits per heavy atom. The van der Waals surface area contributed by atoms with Crippen LogP contribution in [-0.2, 0) is 43.4 Å². The molecule has 2 aromatic carbocycles. The number of rotatable bonds is 11. The van der Waals surface area contributed by atoms with Gasteiger partial charge in [0.05, 0.1) is 36.9 Å². The maximum atomic E-state index is 13.9. The fourth-order valence-corrected chi connectivity index (χ4v) is 9.09. The van der Waals surface area contributed by atoms with Crippen molar-refractivity contribution in [3.63, 3.8) is 0 Å². The summed E-state index contributed by atoms with van der Waals surface area (Å²) in [5.74, 6) is -1.97. The number of allylic oxidation sites excluding steroid dienone is 3. The SMILES string of the molecule is CC[C@H]1OC(=O)C[C@@H](O)[C@H](C)[C@@H](O[C@@H]2O[C@H](C)[C@@H](O)[C@H](N(C)C)[C@H]2O)[C@@H](CCN2Cc3ccccc3C2)C[C@@H](C)C(=O)/C=C\C(C)=C/[C@@H]1CN(C)Cc1ccccc1. The van der Waals surface area contributed by atoms with Crippen molar-refractivity contribution in [2.24, 2.45) is 23.7 Å². The van der Waals surface area contributed by atoms with Gasteiger partial charge in [0.25, 0.3) is 0 Å². The first-order valence-electron chi connectivity index (χ1n) is 21.3. The average Bonchev–Trinajstić information content (AvgIpc) is 3.61. The number of esters is 1. The molecule has 320 valence electrons. The van der Waals surface area contributed by atoms with Crippen LogP contribution in [0, 0.1) is 23.7 Å². The van der Waals surface area contributed by atoms with E-state index >= 15 is 0 Å². The summed E-state index contributed by atoms with van der Waals surface area (Å²) in [5, 5.41) is 34.5. The third-order valence-electron chi connectivity index (χ3n) is 12.5. The highest BCUT2D eigenvalue weighted by atomic mass is 16.7. The molecule has 0 unspecified atom stereocenters. The molecule has 0 bridgehead atoms. The molecule has 11 heteroatoms. The highest BCUT2D eigenvalue weighted by Gasteiger charge is 2.47. The first kappa shape index (κ1) is 45.8. The van der Waals surface area contributed by atoms with E-state index in [0.717, 1.165) is 25.2 Å². The number of ketones is 1. The van der Waals surface area contributed by atoms with E-state index in [9.17, 15) is 24.9 Å². The fourth-order valence-electron chi connectivity index (χ4n) is 9.09. The molecule has 3 aliphatic rings. The molecule has 3 aliphatic heterocycles. The number of aliphatic hydroxyl groups excluding tert-OH is 3. The minimum absolute atomic E-state index is 0.0139. The number of ether oxygens (including phenoxy) is 3. The number of carbonyl (C=O) groups excluding carboxylic acids is 2. The summed E-state index contributed by atoms with van der Waals surface area (Å²) in [4.78, 5) is 34.1. The summed E-state index contributed by atoms with van der Waals surface area (Å²) >= 11 is 0. The molecule has 0 radical (unpaired) electrons. The van der Waals surface area contributed by atoms with Gasteiger partial charge >= 0.3 is 5.97 Å². The van der Waals surface area contributed by atoms with Crippen LogP contribution in [0.5, 0.6) is 0 Å². The molecular formula is C47H69N3O8. The van der Waals surface area contributed by atoms with Crippen LogP contribution < -0.4 is 0 Å². The van der Waals surface area contributed by atoms with Crippen molar-refractivity contribution in [1.82, 2.24) is 14.7 Å². The number of likely N-dealkylation sites (N-methyl/N-ethyl adjacent to an activating group) is 1. The number of hydrogen-bond acceptors (Lipinski definition) is 11. The molecule has 1 fully saturated rings. The second kappa shape index (κ2) is 21.3. The smallest absolute Gasteiger partial charge is 0.308 e. The molecule has 3 N–H and O–H groups in total. The lowest BCUT2D eigenvalue weighted by Gasteiger charge is -2.46. The first-order chi connectivity index (χ1) is 27.6. The normalized spacial score (nSPS) is 34.7. The summed E-state index contributed by atoms with van der Waals surface area (Å²) in [7, 11) is 5.63. The molecule has 0 amide bonds. The summed E-state index contributed by atoms with van der Waals surface area (Å²) in [6.45, 7) is 13.2. The molecule has 11 nitrogen and oxygen atoms in total. The van der Waals surface area contributed by atoms with Crippen molar-refractivity contribution >= 4 is 11.8 Å². The molecule has 2 aromatic rings. The van der Waals surface area contributed by atoms with E-state index in [2.05, 4.69) is 52.3 Å². The standard InChI is InChI=1S/C47H69N3O8/c1-9-41-38(27-49(8)26-34-15-11-10-12-16-34)23-30(2)19-20-39(51)31(3)24-35(21-22-50-28-36-17-13-14-18-37(36)29-50)46(32(4)40(52)25-42(53)57-41)58-47-45(55)43(48(6)7)44(54)33(5)56-47/h10-20,23,31-33,35,38,40-41,43-47,52,54-55H,9,21-22,24-29H2,1-8H3/b20-19-,30-23-/t31-,32+,33-,35+,38-,40-,41-,43+,44-,45-,46-,47+/m1/s1. The minimum atomic E-state index is -1.20. The van der Waals surface area contributed by atoms with Crippen molar-refractivity contribution in [2.45, 2.75) is 129 Å². The van der Waals surface area contributed by atoms with Crippen LogP contribution >= 0.6 is 0 Å². The molecule has 0 saturated carbocycles. The average molecular weight is 804 g/mol. The lowest BCUT2D eigenvalue weighted by Crippen LogP contribution is -2.63. The van der Waals surface area contributed by atoms with Crippen LogP contribution in [-0.4, -0.2) is 125 Å². The Kier molecular flexibility index (Phi) is 16.8.